The number of aromatic nitrogens is 1. The van der Waals surface area contributed by atoms with Gasteiger partial charge in [0.15, 0.2) is 5.58 Å². The molecule has 8 aromatic carbocycles. The summed E-state index contributed by atoms with van der Waals surface area (Å²) < 4.78 is 6.43. The van der Waals surface area contributed by atoms with Gasteiger partial charge in [-0.25, -0.2) is 4.98 Å². The molecule has 1 aromatic heterocycles. The van der Waals surface area contributed by atoms with E-state index in [-0.39, 0.29) is 0 Å². The number of hydrogen-bond donors (Lipinski definition) is 0. The lowest BCUT2D eigenvalue weighted by atomic mass is 9.90. The number of benzene rings is 8. The zero-order valence-corrected chi connectivity index (χ0v) is 22.1. The molecule has 190 valence electrons. The average Bonchev–Trinajstić information content (AvgIpc) is 3.49. The highest BCUT2D eigenvalue weighted by atomic mass is 16.3. The SMILES string of the molecule is c1ccc(-c2nc3ccc4ccc5cc(-c6cc7c8ccccc8ccc7c7ccccc67)ccc5c4c3o2)cc1. The standard InChI is InChI=1S/C39H23NO/c1-2-9-26(10-3-1)39-40-36-21-18-25-14-15-27-22-28(17-19-30(27)37(25)38(36)41-39)34-23-35-29-11-5-4-8-24(29)16-20-33(35)31-12-6-7-13-32(31)34/h1-23H. The zero-order valence-electron chi connectivity index (χ0n) is 22.1. The highest BCUT2D eigenvalue weighted by molar-refractivity contribution is 6.22. The summed E-state index contributed by atoms with van der Waals surface area (Å²) in [5.41, 5.74) is 5.14. The second-order valence-corrected chi connectivity index (χ2v) is 10.7. The van der Waals surface area contributed by atoms with E-state index in [1.54, 1.807) is 0 Å². The van der Waals surface area contributed by atoms with Crippen LogP contribution in [0.5, 0.6) is 0 Å². The summed E-state index contributed by atoms with van der Waals surface area (Å²) in [4.78, 5) is 4.83. The van der Waals surface area contributed by atoms with Gasteiger partial charge in [-0.05, 0) is 89.9 Å². The fourth-order valence-corrected chi connectivity index (χ4v) is 6.50. The molecule has 2 nitrogen and oxygen atoms in total. The molecule has 0 N–H and O–H groups in total. The molecule has 0 unspecified atom stereocenters. The summed E-state index contributed by atoms with van der Waals surface area (Å²) in [6, 6.07) is 49.9. The van der Waals surface area contributed by atoms with Crippen LogP contribution in [0.4, 0.5) is 0 Å². The number of rotatable bonds is 2. The Hall–Kier alpha value is -5.47. The number of nitrogens with zero attached hydrogens (tertiary/aromatic N) is 1. The van der Waals surface area contributed by atoms with E-state index in [0.29, 0.717) is 5.89 Å². The summed E-state index contributed by atoms with van der Waals surface area (Å²) >= 11 is 0. The van der Waals surface area contributed by atoms with Gasteiger partial charge >= 0.3 is 0 Å². The van der Waals surface area contributed by atoms with Gasteiger partial charge in [0.05, 0.1) is 0 Å². The molecule has 0 spiro atoms. The first-order valence-corrected chi connectivity index (χ1v) is 14.0. The van der Waals surface area contributed by atoms with Gasteiger partial charge < -0.3 is 4.42 Å². The molecule has 0 aliphatic carbocycles. The molecule has 41 heavy (non-hydrogen) atoms. The maximum absolute atomic E-state index is 6.43. The van der Waals surface area contributed by atoms with Crippen LogP contribution in [-0.4, -0.2) is 4.98 Å². The molecule has 0 aliphatic rings. The summed E-state index contributed by atoms with van der Waals surface area (Å²) in [6.07, 6.45) is 0. The highest BCUT2D eigenvalue weighted by Crippen LogP contribution is 2.40. The molecule has 9 aromatic rings. The van der Waals surface area contributed by atoms with E-state index in [4.69, 9.17) is 9.40 Å². The van der Waals surface area contributed by atoms with Crippen molar-refractivity contribution in [3.63, 3.8) is 0 Å². The van der Waals surface area contributed by atoms with Crippen LogP contribution in [0, 0.1) is 0 Å². The van der Waals surface area contributed by atoms with Gasteiger partial charge in [-0.1, -0.05) is 109 Å². The van der Waals surface area contributed by atoms with Gasteiger partial charge in [0.25, 0.3) is 0 Å². The van der Waals surface area contributed by atoms with Crippen LogP contribution in [0.25, 0.3) is 87.5 Å². The van der Waals surface area contributed by atoms with Crippen LogP contribution < -0.4 is 0 Å². The van der Waals surface area contributed by atoms with Crippen molar-refractivity contribution in [1.29, 1.82) is 0 Å². The van der Waals surface area contributed by atoms with Crippen LogP contribution >= 0.6 is 0 Å². The fourth-order valence-electron chi connectivity index (χ4n) is 6.50. The maximum atomic E-state index is 6.43. The molecular formula is C39H23NO. The van der Waals surface area contributed by atoms with Gasteiger partial charge in [0.2, 0.25) is 5.89 Å². The average molecular weight is 522 g/mol. The fraction of sp³-hybridized carbons (Fsp3) is 0. The molecule has 0 amide bonds. The predicted octanol–water partition coefficient (Wildman–Crippen LogP) is 10.9. The van der Waals surface area contributed by atoms with E-state index >= 15 is 0 Å². The third-order valence-corrected chi connectivity index (χ3v) is 8.45. The number of hydrogen-bond acceptors (Lipinski definition) is 2. The predicted molar refractivity (Wildman–Crippen MR) is 172 cm³/mol. The van der Waals surface area contributed by atoms with Crippen LogP contribution in [0.15, 0.2) is 144 Å². The second-order valence-electron chi connectivity index (χ2n) is 10.7. The normalized spacial score (nSPS) is 11.9. The van der Waals surface area contributed by atoms with Crippen molar-refractivity contribution in [2.75, 3.05) is 0 Å². The van der Waals surface area contributed by atoms with Crippen molar-refractivity contribution in [3.05, 3.63) is 140 Å². The molecular weight excluding hydrogens is 498 g/mol. The molecule has 0 fully saturated rings. The van der Waals surface area contributed by atoms with Gasteiger partial charge in [-0.2, -0.15) is 0 Å². The van der Waals surface area contributed by atoms with E-state index in [1.165, 1.54) is 54.2 Å². The largest absolute Gasteiger partial charge is 0.435 e. The Kier molecular flexibility index (Phi) is 4.64. The summed E-state index contributed by atoms with van der Waals surface area (Å²) in [7, 11) is 0. The Bertz CT molecular complexity index is 2470. The van der Waals surface area contributed by atoms with Crippen LogP contribution in [0.1, 0.15) is 0 Å². The van der Waals surface area contributed by atoms with Gasteiger partial charge in [-0.15, -0.1) is 0 Å². The lowest BCUT2D eigenvalue weighted by Gasteiger charge is -2.14. The van der Waals surface area contributed by atoms with Crippen molar-refractivity contribution in [2.24, 2.45) is 0 Å². The third kappa shape index (κ3) is 3.34. The molecule has 1 heterocycles. The molecule has 0 saturated heterocycles. The van der Waals surface area contributed by atoms with E-state index in [1.807, 2.05) is 30.3 Å². The lowest BCUT2D eigenvalue weighted by Crippen LogP contribution is -1.87. The molecule has 0 aliphatic heterocycles. The van der Waals surface area contributed by atoms with Crippen molar-refractivity contribution < 1.29 is 4.42 Å². The maximum Gasteiger partial charge on any atom is 0.227 e. The molecule has 0 atom stereocenters. The first kappa shape index (κ1) is 22.4. The Morgan fingerprint density at radius 2 is 1.10 bits per heavy atom. The zero-order chi connectivity index (χ0) is 26.9. The van der Waals surface area contributed by atoms with Crippen molar-refractivity contribution in [1.82, 2.24) is 4.98 Å². The molecule has 9 rings (SSSR count). The van der Waals surface area contributed by atoms with Crippen molar-refractivity contribution >= 4 is 65.0 Å². The second kappa shape index (κ2) is 8.51. The van der Waals surface area contributed by atoms with E-state index < -0.39 is 0 Å². The minimum Gasteiger partial charge on any atom is -0.435 e. The lowest BCUT2D eigenvalue weighted by molar-refractivity contribution is 0.623. The van der Waals surface area contributed by atoms with Crippen LogP contribution in [0.2, 0.25) is 0 Å². The van der Waals surface area contributed by atoms with Crippen LogP contribution in [-0.2, 0) is 0 Å². The van der Waals surface area contributed by atoms with Crippen molar-refractivity contribution in [2.45, 2.75) is 0 Å². The topological polar surface area (TPSA) is 26.0 Å². The first-order valence-electron chi connectivity index (χ1n) is 14.0. The minimum atomic E-state index is 0.650. The Morgan fingerprint density at radius 3 is 2.00 bits per heavy atom. The number of oxazole rings is 1. The highest BCUT2D eigenvalue weighted by Gasteiger charge is 2.15. The first-order chi connectivity index (χ1) is 20.3. The van der Waals surface area contributed by atoms with E-state index in [2.05, 4.69) is 109 Å². The number of fused-ring (bicyclic) bond motifs is 10. The summed E-state index contributed by atoms with van der Waals surface area (Å²) in [5, 5.41) is 12.3. The molecule has 0 saturated carbocycles. The van der Waals surface area contributed by atoms with Gasteiger partial charge in [0.1, 0.15) is 5.52 Å². The Balaban J connectivity index is 1.31. The molecule has 2 heteroatoms. The monoisotopic (exact) mass is 521 g/mol. The third-order valence-electron chi connectivity index (χ3n) is 8.45. The van der Waals surface area contributed by atoms with Gasteiger partial charge in [0, 0.05) is 10.9 Å². The molecule has 0 radical (unpaired) electrons. The summed E-state index contributed by atoms with van der Waals surface area (Å²) in [6.45, 7) is 0. The van der Waals surface area contributed by atoms with Crippen molar-refractivity contribution in [3.8, 4) is 22.6 Å². The Labute approximate surface area is 236 Å². The van der Waals surface area contributed by atoms with Crippen LogP contribution in [0.3, 0.4) is 0 Å². The van der Waals surface area contributed by atoms with E-state index in [9.17, 15) is 0 Å². The quantitative estimate of drug-likeness (QED) is 0.211. The Morgan fingerprint density at radius 1 is 0.415 bits per heavy atom. The summed E-state index contributed by atoms with van der Waals surface area (Å²) in [5.74, 6) is 0.650. The van der Waals surface area contributed by atoms with E-state index in [0.717, 1.165) is 27.4 Å². The smallest absolute Gasteiger partial charge is 0.227 e. The van der Waals surface area contributed by atoms with Gasteiger partial charge in [-0.3, -0.25) is 0 Å². The molecule has 0 bridgehead atoms. The minimum absolute atomic E-state index is 0.650.